The second-order valence-electron chi connectivity index (χ2n) is 10.1. The minimum Gasteiger partial charge on any atom is -0.457 e. The summed E-state index contributed by atoms with van der Waals surface area (Å²) in [6, 6.07) is 12.3. The Kier molecular flexibility index (Phi) is 14.4. The van der Waals surface area contributed by atoms with Gasteiger partial charge in [0.25, 0.3) is 0 Å². The summed E-state index contributed by atoms with van der Waals surface area (Å²) >= 11 is 0. The van der Waals surface area contributed by atoms with Gasteiger partial charge in [-0.2, -0.15) is 0 Å². The van der Waals surface area contributed by atoms with Crippen molar-refractivity contribution < 1.29 is 23.0 Å². The van der Waals surface area contributed by atoms with Crippen LogP contribution in [0.2, 0.25) is 0 Å². The highest BCUT2D eigenvalue weighted by molar-refractivity contribution is 5.88. The fourth-order valence-corrected chi connectivity index (χ4v) is 4.26. The first-order chi connectivity index (χ1) is 22.8. The first kappa shape index (κ1) is 36.2. The van der Waals surface area contributed by atoms with Gasteiger partial charge in [0.05, 0.1) is 16.7 Å². The third-order valence-electron chi connectivity index (χ3n) is 6.57. The second-order valence-corrected chi connectivity index (χ2v) is 10.1. The Labute approximate surface area is 272 Å². The summed E-state index contributed by atoms with van der Waals surface area (Å²) in [7, 11) is 5.06. The van der Waals surface area contributed by atoms with Crippen LogP contribution in [0, 0.1) is 12.7 Å². The Morgan fingerprint density at radius 1 is 1.06 bits per heavy atom. The third-order valence-corrected chi connectivity index (χ3v) is 6.57. The molecule has 0 unspecified atom stereocenters. The van der Waals surface area contributed by atoms with Gasteiger partial charge in [0.1, 0.15) is 41.4 Å². The van der Waals surface area contributed by atoms with Crippen molar-refractivity contribution in [1.82, 2.24) is 34.8 Å². The Morgan fingerprint density at radius 3 is 2.53 bits per heavy atom. The Morgan fingerprint density at radius 2 is 1.85 bits per heavy atom. The van der Waals surface area contributed by atoms with E-state index in [0.717, 1.165) is 18.3 Å². The van der Waals surface area contributed by atoms with Crippen molar-refractivity contribution in [2.45, 2.75) is 27.2 Å². The molecule has 0 aliphatic carbocycles. The minimum absolute atomic E-state index is 0.227. The van der Waals surface area contributed by atoms with Crippen molar-refractivity contribution in [2.75, 3.05) is 51.2 Å². The summed E-state index contributed by atoms with van der Waals surface area (Å²) in [5.74, 6) is 1.40. The van der Waals surface area contributed by atoms with Crippen molar-refractivity contribution in [3.63, 3.8) is 0 Å². The number of aromatic nitrogens is 6. The lowest BCUT2D eigenvalue weighted by molar-refractivity contribution is -0.118. The van der Waals surface area contributed by atoms with E-state index < -0.39 is 5.82 Å². The number of halogens is 2. The SMILES string of the molecule is C/C=C/CF.CCCN(C=O)CCNc1ccc2ncnc(Nc3ccc(Oc4ccc5c(c4)nnn5C)c(C)c3F)c2n1.COC. The molecule has 5 rings (SSSR count). The minimum atomic E-state index is -0.473. The molecule has 0 spiro atoms. The van der Waals surface area contributed by atoms with Gasteiger partial charge in [-0.1, -0.05) is 24.3 Å². The van der Waals surface area contributed by atoms with Crippen LogP contribution in [0.3, 0.4) is 0 Å². The van der Waals surface area contributed by atoms with E-state index in [4.69, 9.17) is 4.74 Å². The zero-order valence-electron chi connectivity index (χ0n) is 27.5. The molecule has 2 N–H and O–H groups in total. The number of hydrogen-bond acceptors (Lipinski definition) is 10. The number of alkyl halides is 1. The molecule has 0 saturated carbocycles. The lowest BCUT2D eigenvalue weighted by Crippen LogP contribution is -2.28. The number of ether oxygens (including phenoxy) is 2. The number of anilines is 3. The van der Waals surface area contributed by atoms with Gasteiger partial charge in [0.15, 0.2) is 11.6 Å². The van der Waals surface area contributed by atoms with E-state index in [9.17, 15) is 9.18 Å². The highest BCUT2D eigenvalue weighted by Crippen LogP contribution is 2.33. The van der Waals surface area contributed by atoms with E-state index in [-0.39, 0.29) is 12.4 Å². The monoisotopic (exact) mass is 649 g/mol. The average molecular weight is 650 g/mol. The van der Waals surface area contributed by atoms with Crippen molar-refractivity contribution in [3.05, 3.63) is 72.3 Å². The molecule has 0 aliphatic heterocycles. The molecule has 0 saturated heterocycles. The van der Waals surface area contributed by atoms with Gasteiger partial charge >= 0.3 is 0 Å². The van der Waals surface area contributed by atoms with E-state index in [1.807, 2.05) is 26.1 Å². The molecule has 0 radical (unpaired) electrons. The zero-order chi connectivity index (χ0) is 34.2. The summed E-state index contributed by atoms with van der Waals surface area (Å²) < 4.78 is 38.2. The number of carbonyl (C=O) groups is 1. The van der Waals surface area contributed by atoms with Crippen LogP contribution in [-0.2, 0) is 16.6 Å². The molecule has 3 heterocycles. The molecule has 14 heteroatoms. The number of nitrogens with one attached hydrogen (secondary N) is 2. The number of aryl methyl sites for hydroxylation is 1. The Hall–Kier alpha value is -5.24. The number of hydrogen-bond donors (Lipinski definition) is 2. The van der Waals surface area contributed by atoms with Gasteiger partial charge in [-0.3, -0.25) is 4.79 Å². The number of pyridine rings is 1. The summed E-state index contributed by atoms with van der Waals surface area (Å²) in [5, 5.41) is 14.4. The average Bonchev–Trinajstić information content (AvgIpc) is 3.44. The topological polar surface area (TPSA) is 132 Å². The van der Waals surface area contributed by atoms with Gasteiger partial charge in [-0.25, -0.2) is 28.4 Å². The molecule has 0 fully saturated rings. The number of carbonyl (C=O) groups excluding carboxylic acids is 1. The van der Waals surface area contributed by atoms with Crippen molar-refractivity contribution >= 4 is 45.8 Å². The zero-order valence-corrected chi connectivity index (χ0v) is 27.5. The van der Waals surface area contributed by atoms with E-state index in [0.29, 0.717) is 64.9 Å². The highest BCUT2D eigenvalue weighted by atomic mass is 19.1. The third kappa shape index (κ3) is 10.1. The van der Waals surface area contributed by atoms with Gasteiger partial charge in [-0.05, 0) is 56.7 Å². The standard InChI is InChI=1S/C27H28FN9O2.C4H7F.C2H6O/c1-4-12-37(16-38)13-11-29-24-10-7-20-26(33-24)27(31-15-30-20)32-19-6-9-23(17(2)25(19)28)39-18-5-8-22-21(14-18)34-35-36(22)3;1-2-3-4-5;1-3-2/h5-10,14-16H,4,11-13H2,1-3H3,(H,29,33)(H,30,31,32);2-3H,4H2,1H3;1-2H3/b;3-2+;. The van der Waals surface area contributed by atoms with Crippen molar-refractivity contribution in [2.24, 2.45) is 7.05 Å². The molecule has 5 aromatic rings. The second kappa shape index (κ2) is 18.7. The Balaban J connectivity index is 0.000000676. The van der Waals surface area contributed by atoms with Gasteiger partial charge in [0.2, 0.25) is 6.41 Å². The molecular formula is C33H41F2N9O3. The molecule has 0 bridgehead atoms. The van der Waals surface area contributed by atoms with E-state index in [1.54, 1.807) is 74.1 Å². The lowest BCUT2D eigenvalue weighted by Gasteiger charge is -2.17. The molecule has 0 atom stereocenters. The number of allylic oxidation sites excluding steroid dienone is 2. The van der Waals surface area contributed by atoms with Crippen molar-refractivity contribution in [1.29, 1.82) is 0 Å². The maximum atomic E-state index is 15.4. The molecule has 3 aromatic heterocycles. The van der Waals surface area contributed by atoms with E-state index >= 15 is 4.39 Å². The van der Waals surface area contributed by atoms with Gasteiger partial charge in [0, 0.05) is 52.5 Å². The maximum Gasteiger partial charge on any atom is 0.209 e. The number of amides is 1. The molecule has 0 aliphatic rings. The van der Waals surface area contributed by atoms with Crippen LogP contribution in [0.1, 0.15) is 25.8 Å². The summed E-state index contributed by atoms with van der Waals surface area (Å²) in [6.07, 6.45) is 6.27. The molecule has 47 heavy (non-hydrogen) atoms. The lowest BCUT2D eigenvalue weighted by atomic mass is 10.1. The van der Waals surface area contributed by atoms with E-state index in [1.165, 1.54) is 12.4 Å². The van der Waals surface area contributed by atoms with Crippen LogP contribution in [0.25, 0.3) is 22.1 Å². The number of fused-ring (bicyclic) bond motifs is 2. The number of methoxy groups -OCH3 is 1. The number of benzene rings is 2. The quantitative estimate of drug-likeness (QED) is 0.116. The number of rotatable bonds is 12. The maximum absolute atomic E-state index is 15.4. The predicted molar refractivity (Wildman–Crippen MR) is 180 cm³/mol. The van der Waals surface area contributed by atoms with E-state index in [2.05, 4.69) is 40.6 Å². The van der Waals surface area contributed by atoms with Crippen LogP contribution < -0.4 is 15.4 Å². The van der Waals surface area contributed by atoms with Crippen LogP contribution in [0.4, 0.5) is 26.1 Å². The summed E-state index contributed by atoms with van der Waals surface area (Å²) in [4.78, 5) is 26.1. The normalized spacial score (nSPS) is 10.6. The van der Waals surface area contributed by atoms with Crippen LogP contribution >= 0.6 is 0 Å². The smallest absolute Gasteiger partial charge is 0.209 e. The molecule has 12 nitrogen and oxygen atoms in total. The predicted octanol–water partition coefficient (Wildman–Crippen LogP) is 6.36. The molecule has 1 amide bonds. The summed E-state index contributed by atoms with van der Waals surface area (Å²) in [5.41, 5.74) is 3.21. The van der Waals surface area contributed by atoms with Crippen LogP contribution in [0.5, 0.6) is 11.5 Å². The van der Waals surface area contributed by atoms with Crippen LogP contribution in [0.15, 0.2) is 60.9 Å². The fraction of sp³-hybridized carbons (Fsp3) is 0.333. The number of nitrogens with zero attached hydrogens (tertiary/aromatic N) is 7. The molecule has 250 valence electrons. The first-order valence-electron chi connectivity index (χ1n) is 15.0. The van der Waals surface area contributed by atoms with Gasteiger partial charge in [-0.15, -0.1) is 5.10 Å². The molecular weight excluding hydrogens is 608 g/mol. The summed E-state index contributed by atoms with van der Waals surface area (Å²) in [6.45, 7) is 6.91. The first-order valence-corrected chi connectivity index (χ1v) is 15.0. The Bertz CT molecular complexity index is 1770. The van der Waals surface area contributed by atoms with Crippen molar-refractivity contribution in [3.8, 4) is 11.5 Å². The molecule has 2 aromatic carbocycles. The highest BCUT2D eigenvalue weighted by Gasteiger charge is 2.15. The fourth-order valence-electron chi connectivity index (χ4n) is 4.26. The van der Waals surface area contributed by atoms with Crippen LogP contribution in [-0.4, -0.2) is 81.8 Å². The largest absolute Gasteiger partial charge is 0.457 e. The van der Waals surface area contributed by atoms with Gasteiger partial charge < -0.3 is 25.0 Å².